The van der Waals surface area contributed by atoms with E-state index in [-0.39, 0.29) is 0 Å². The molecule has 0 fully saturated rings. The van der Waals surface area contributed by atoms with Gasteiger partial charge in [0.1, 0.15) is 11.4 Å². The molecule has 6 nitrogen and oxygen atoms in total. The number of carbonyl (C=O) groups is 2. The van der Waals surface area contributed by atoms with E-state index in [0.717, 1.165) is 0 Å². The lowest BCUT2D eigenvalue weighted by atomic mass is 10.1. The van der Waals surface area contributed by atoms with Gasteiger partial charge < -0.3 is 19.9 Å². The summed E-state index contributed by atoms with van der Waals surface area (Å²) in [5.41, 5.74) is -0.341. The van der Waals surface area contributed by atoms with Crippen LogP contribution in [0.1, 0.15) is 32.4 Å². The lowest BCUT2D eigenvalue weighted by Crippen LogP contribution is -2.38. The summed E-state index contributed by atoms with van der Waals surface area (Å²) < 4.78 is 10.7. The minimum absolute atomic E-state index is 0.368. The maximum absolute atomic E-state index is 11.8. The summed E-state index contributed by atoms with van der Waals surface area (Å²) in [4.78, 5) is 23.2. The number of ether oxygens (including phenoxy) is 2. The van der Waals surface area contributed by atoms with Gasteiger partial charge in [-0.25, -0.2) is 9.59 Å². The number of hydrogen-bond donors (Lipinski definition) is 2. The van der Waals surface area contributed by atoms with Gasteiger partial charge in [-0.3, -0.25) is 0 Å². The highest BCUT2D eigenvalue weighted by Gasteiger charge is 2.27. The van der Waals surface area contributed by atoms with Gasteiger partial charge in [0.2, 0.25) is 0 Å². The number of carboxylic acids is 1. The topological polar surface area (TPSA) is 84.9 Å². The molecule has 0 bridgehead atoms. The molecular formula is C14H18BrNO5. The monoisotopic (exact) mass is 359 g/mol. The zero-order valence-electron chi connectivity index (χ0n) is 12.3. The molecule has 1 aromatic rings. The molecule has 0 spiro atoms. The van der Waals surface area contributed by atoms with E-state index < -0.39 is 23.7 Å². The van der Waals surface area contributed by atoms with E-state index in [1.54, 1.807) is 39.0 Å². The van der Waals surface area contributed by atoms with Gasteiger partial charge in [0, 0.05) is 10.0 Å². The molecule has 21 heavy (non-hydrogen) atoms. The minimum Gasteiger partial charge on any atom is -0.497 e. The summed E-state index contributed by atoms with van der Waals surface area (Å²) in [7, 11) is 1.48. The normalized spacial score (nSPS) is 12.4. The van der Waals surface area contributed by atoms with Gasteiger partial charge in [-0.05, 0) is 39.0 Å². The zero-order valence-corrected chi connectivity index (χ0v) is 13.9. The van der Waals surface area contributed by atoms with Crippen molar-refractivity contribution in [1.29, 1.82) is 0 Å². The average molecular weight is 360 g/mol. The number of benzene rings is 1. The fourth-order valence-corrected chi connectivity index (χ4v) is 2.04. The highest BCUT2D eigenvalue weighted by molar-refractivity contribution is 9.10. The van der Waals surface area contributed by atoms with Gasteiger partial charge in [-0.15, -0.1) is 0 Å². The standard InChI is InChI=1S/C14H18BrNO5/c1-14(2,3)21-13(19)16-11(12(17)18)9-7-8(20-4)5-6-10(9)15/h5-7,11H,1-4H3,(H,16,19)(H,17,18). The highest BCUT2D eigenvalue weighted by Crippen LogP contribution is 2.28. The molecule has 1 unspecified atom stereocenters. The second-order valence-electron chi connectivity index (χ2n) is 5.30. The van der Waals surface area contributed by atoms with Crippen LogP contribution in [0.2, 0.25) is 0 Å². The first-order chi connectivity index (χ1) is 9.64. The number of nitrogens with one attached hydrogen (secondary N) is 1. The third kappa shape index (κ3) is 5.26. The Morgan fingerprint density at radius 2 is 1.95 bits per heavy atom. The average Bonchev–Trinajstić information content (AvgIpc) is 2.34. The van der Waals surface area contributed by atoms with Crippen molar-refractivity contribution < 1.29 is 24.2 Å². The Hall–Kier alpha value is -1.76. The smallest absolute Gasteiger partial charge is 0.408 e. The van der Waals surface area contributed by atoms with Crippen LogP contribution in [0.3, 0.4) is 0 Å². The maximum Gasteiger partial charge on any atom is 0.408 e. The molecular weight excluding hydrogens is 342 g/mol. The molecule has 1 amide bonds. The summed E-state index contributed by atoms with van der Waals surface area (Å²) in [5, 5.41) is 11.7. The molecule has 1 rings (SSSR count). The number of hydrogen-bond acceptors (Lipinski definition) is 4. The molecule has 116 valence electrons. The van der Waals surface area contributed by atoms with Gasteiger partial charge in [0.05, 0.1) is 7.11 Å². The molecule has 0 radical (unpaired) electrons. The summed E-state index contributed by atoms with van der Waals surface area (Å²) in [6.07, 6.45) is -0.801. The van der Waals surface area contributed by atoms with Crippen molar-refractivity contribution in [3.05, 3.63) is 28.2 Å². The van der Waals surface area contributed by atoms with Crippen molar-refractivity contribution in [3.8, 4) is 5.75 Å². The second kappa shape index (κ2) is 6.80. The highest BCUT2D eigenvalue weighted by atomic mass is 79.9. The summed E-state index contributed by atoms with van der Waals surface area (Å²) in [6.45, 7) is 5.09. The first-order valence-corrected chi connectivity index (χ1v) is 6.99. The van der Waals surface area contributed by atoms with Crippen molar-refractivity contribution in [1.82, 2.24) is 5.32 Å². The van der Waals surface area contributed by atoms with E-state index in [2.05, 4.69) is 21.2 Å². The van der Waals surface area contributed by atoms with Gasteiger partial charge in [0.25, 0.3) is 0 Å². The van der Waals surface area contributed by atoms with E-state index in [4.69, 9.17) is 9.47 Å². The Balaban J connectivity index is 3.03. The van der Waals surface area contributed by atoms with E-state index in [1.807, 2.05) is 0 Å². The second-order valence-corrected chi connectivity index (χ2v) is 6.16. The molecule has 2 N–H and O–H groups in total. The molecule has 7 heteroatoms. The molecule has 0 aliphatic carbocycles. The third-order valence-electron chi connectivity index (χ3n) is 2.42. The van der Waals surface area contributed by atoms with Crippen LogP contribution in [-0.2, 0) is 9.53 Å². The molecule has 0 aliphatic heterocycles. The van der Waals surface area contributed by atoms with E-state index in [1.165, 1.54) is 7.11 Å². The lowest BCUT2D eigenvalue weighted by Gasteiger charge is -2.22. The summed E-state index contributed by atoms with van der Waals surface area (Å²) in [6, 6.07) is 3.63. The molecule has 1 aromatic carbocycles. The van der Waals surface area contributed by atoms with Crippen molar-refractivity contribution >= 4 is 28.0 Å². The maximum atomic E-state index is 11.8. The number of methoxy groups -OCH3 is 1. The number of halogens is 1. The van der Waals surface area contributed by atoms with Crippen LogP contribution in [0.25, 0.3) is 0 Å². The number of aliphatic carboxylic acids is 1. The Bertz CT molecular complexity index is 539. The Kier molecular flexibility index (Phi) is 5.60. The Morgan fingerprint density at radius 1 is 1.33 bits per heavy atom. The van der Waals surface area contributed by atoms with Crippen LogP contribution < -0.4 is 10.1 Å². The molecule has 0 saturated heterocycles. The van der Waals surface area contributed by atoms with E-state index in [0.29, 0.717) is 15.8 Å². The SMILES string of the molecule is COc1ccc(Br)c(C(NC(=O)OC(C)(C)C)C(=O)O)c1. The summed E-state index contributed by atoms with van der Waals surface area (Å²) >= 11 is 3.27. The van der Waals surface area contributed by atoms with Crippen LogP contribution in [0.4, 0.5) is 4.79 Å². The van der Waals surface area contributed by atoms with Gasteiger partial charge in [-0.2, -0.15) is 0 Å². The Labute approximate surface area is 131 Å². The van der Waals surface area contributed by atoms with Gasteiger partial charge in [-0.1, -0.05) is 15.9 Å². The number of carbonyl (C=O) groups excluding carboxylic acids is 1. The van der Waals surface area contributed by atoms with Crippen molar-refractivity contribution in [2.24, 2.45) is 0 Å². The van der Waals surface area contributed by atoms with Gasteiger partial charge in [0.15, 0.2) is 6.04 Å². The Morgan fingerprint density at radius 3 is 2.43 bits per heavy atom. The molecule has 1 atom stereocenters. The van der Waals surface area contributed by atoms with Crippen molar-refractivity contribution in [2.75, 3.05) is 7.11 Å². The number of amides is 1. The number of carboxylic acid groups (broad SMARTS) is 1. The van der Waals surface area contributed by atoms with Crippen LogP contribution in [0.5, 0.6) is 5.75 Å². The first kappa shape index (κ1) is 17.3. The zero-order chi connectivity index (χ0) is 16.2. The third-order valence-corrected chi connectivity index (χ3v) is 3.14. The molecule has 0 saturated carbocycles. The van der Waals surface area contributed by atoms with E-state index in [9.17, 15) is 14.7 Å². The van der Waals surface area contributed by atoms with Crippen LogP contribution >= 0.6 is 15.9 Å². The van der Waals surface area contributed by atoms with E-state index >= 15 is 0 Å². The number of alkyl carbamates (subject to hydrolysis) is 1. The largest absolute Gasteiger partial charge is 0.497 e. The van der Waals surface area contributed by atoms with Gasteiger partial charge >= 0.3 is 12.1 Å². The fourth-order valence-electron chi connectivity index (χ4n) is 1.57. The van der Waals surface area contributed by atoms with Crippen molar-refractivity contribution in [2.45, 2.75) is 32.4 Å². The predicted octanol–water partition coefficient (Wildman–Crippen LogP) is 3.11. The minimum atomic E-state index is -1.25. The first-order valence-electron chi connectivity index (χ1n) is 6.20. The van der Waals surface area contributed by atoms with Crippen LogP contribution in [0, 0.1) is 0 Å². The number of rotatable bonds is 4. The van der Waals surface area contributed by atoms with Crippen LogP contribution in [-0.4, -0.2) is 29.9 Å². The lowest BCUT2D eigenvalue weighted by molar-refractivity contribution is -0.139. The fraction of sp³-hybridized carbons (Fsp3) is 0.429. The summed E-state index contributed by atoms with van der Waals surface area (Å²) in [5.74, 6) is -0.708. The molecule has 0 aromatic heterocycles. The van der Waals surface area contributed by atoms with Crippen molar-refractivity contribution in [3.63, 3.8) is 0 Å². The molecule has 0 aliphatic rings. The molecule has 0 heterocycles. The predicted molar refractivity (Wildman–Crippen MR) is 80.4 cm³/mol. The van der Waals surface area contributed by atoms with Crippen LogP contribution in [0.15, 0.2) is 22.7 Å². The quantitative estimate of drug-likeness (QED) is 0.862.